The van der Waals surface area contributed by atoms with Crippen LogP contribution in [0.2, 0.25) is 0 Å². The van der Waals surface area contributed by atoms with E-state index in [1.165, 1.54) is 75.6 Å². The van der Waals surface area contributed by atoms with Crippen molar-refractivity contribution in [2.24, 2.45) is 0 Å². The minimum Gasteiger partial charge on any atom is -0.207 e. The molecule has 2 aromatic rings. The quantitative estimate of drug-likeness (QED) is 0.179. The predicted molar refractivity (Wildman–Crippen MR) is 139 cm³/mol. The highest BCUT2D eigenvalue weighted by molar-refractivity contribution is 14.1. The molecule has 0 aliphatic heterocycles. The van der Waals surface area contributed by atoms with Crippen LogP contribution in [0.15, 0.2) is 48.5 Å². The van der Waals surface area contributed by atoms with Gasteiger partial charge in [0, 0.05) is 22.0 Å². The van der Waals surface area contributed by atoms with Crippen LogP contribution in [0.5, 0.6) is 0 Å². The summed E-state index contributed by atoms with van der Waals surface area (Å²) in [4.78, 5) is 0. The van der Waals surface area contributed by atoms with Crippen LogP contribution in [0, 0.1) is 39.4 Å². The number of benzene rings is 2. The van der Waals surface area contributed by atoms with Gasteiger partial charge in [-0.15, -0.1) is 12.3 Å². The van der Waals surface area contributed by atoms with Crippen molar-refractivity contribution in [1.82, 2.24) is 0 Å². The fraction of sp³-hybridized carbons (Fsp3) is 0.429. The molecule has 31 heavy (non-hydrogen) atoms. The smallest absolute Gasteiger partial charge is 0.123 e. The Balaban J connectivity index is 0.000000477. The molecule has 0 radical (unpaired) electrons. The Bertz CT molecular complexity index is 741. The summed E-state index contributed by atoms with van der Waals surface area (Å²) in [5.74, 6) is 8.39. The number of hydrogen-bond acceptors (Lipinski definition) is 0. The predicted octanol–water partition coefficient (Wildman–Crippen LogP) is 9.17. The molecule has 0 atom stereocenters. The van der Waals surface area contributed by atoms with Crippen molar-refractivity contribution in [1.29, 1.82) is 0 Å². The van der Waals surface area contributed by atoms with E-state index < -0.39 is 0 Å². The Morgan fingerprint density at radius 2 is 1.19 bits per heavy atom. The van der Waals surface area contributed by atoms with Crippen molar-refractivity contribution in [2.75, 3.05) is 0 Å². The zero-order valence-electron chi connectivity index (χ0n) is 18.9. The molecule has 0 N–H and O–H groups in total. The summed E-state index contributed by atoms with van der Waals surface area (Å²) in [6.07, 6.45) is 17.1. The fourth-order valence-electron chi connectivity index (χ4n) is 2.42. The molecule has 2 rings (SSSR count). The zero-order chi connectivity index (χ0) is 23.2. The molecule has 0 bridgehead atoms. The standard InChI is InChI=1S/C14H17F.C8H14.C6H4FI/c1-2-3-4-5-6-7-8-13-9-11-14(15)12-10-13;1-3-5-7-8-6-4-2;7-5-1-3-6(8)4-2-5/h9-12H,2-6H2,1H3;1H,4-8H2,2H3;1-4H. The highest BCUT2D eigenvalue weighted by Crippen LogP contribution is 2.05. The molecule has 0 saturated heterocycles. The van der Waals surface area contributed by atoms with Crippen molar-refractivity contribution in [3.8, 4) is 24.2 Å². The van der Waals surface area contributed by atoms with E-state index in [0.717, 1.165) is 22.0 Å². The highest BCUT2D eigenvalue weighted by Gasteiger charge is 1.88. The van der Waals surface area contributed by atoms with E-state index in [1.807, 2.05) is 0 Å². The largest absolute Gasteiger partial charge is 0.207 e. The lowest BCUT2D eigenvalue weighted by Crippen LogP contribution is -1.77. The van der Waals surface area contributed by atoms with Gasteiger partial charge in [-0.2, -0.15) is 0 Å². The van der Waals surface area contributed by atoms with Gasteiger partial charge in [0.05, 0.1) is 0 Å². The average molecular weight is 536 g/mol. The third kappa shape index (κ3) is 19.8. The first-order valence-electron chi connectivity index (χ1n) is 11.1. The summed E-state index contributed by atoms with van der Waals surface area (Å²) in [6.45, 7) is 4.40. The van der Waals surface area contributed by atoms with Crippen LogP contribution in [-0.2, 0) is 0 Å². The van der Waals surface area contributed by atoms with Crippen LogP contribution in [0.25, 0.3) is 0 Å². The summed E-state index contributed by atoms with van der Waals surface area (Å²) in [5.41, 5.74) is 0.895. The van der Waals surface area contributed by atoms with Crippen molar-refractivity contribution >= 4 is 22.6 Å². The molecule has 0 aromatic heterocycles. The van der Waals surface area contributed by atoms with Gasteiger partial charge in [0.15, 0.2) is 0 Å². The molecule has 0 heterocycles. The highest BCUT2D eigenvalue weighted by atomic mass is 127. The average Bonchev–Trinajstić information content (AvgIpc) is 2.78. The summed E-state index contributed by atoms with van der Waals surface area (Å²) >= 11 is 2.13. The number of halogens is 3. The molecular weight excluding hydrogens is 501 g/mol. The number of terminal acetylenes is 1. The summed E-state index contributed by atoms with van der Waals surface area (Å²) < 4.78 is 25.7. The van der Waals surface area contributed by atoms with E-state index in [1.54, 1.807) is 24.3 Å². The lowest BCUT2D eigenvalue weighted by Gasteiger charge is -1.92. The first-order chi connectivity index (χ1) is 15.0. The van der Waals surface area contributed by atoms with Crippen LogP contribution in [0.4, 0.5) is 8.78 Å². The molecule has 168 valence electrons. The van der Waals surface area contributed by atoms with E-state index in [-0.39, 0.29) is 11.6 Å². The van der Waals surface area contributed by atoms with Gasteiger partial charge < -0.3 is 0 Å². The van der Waals surface area contributed by atoms with Crippen LogP contribution in [0.1, 0.15) is 83.6 Å². The van der Waals surface area contributed by atoms with Crippen molar-refractivity contribution < 1.29 is 8.78 Å². The van der Waals surface area contributed by atoms with Gasteiger partial charge >= 0.3 is 0 Å². The second-order valence-electron chi connectivity index (χ2n) is 7.07. The molecule has 0 unspecified atom stereocenters. The normalized spacial score (nSPS) is 9.16. The number of rotatable bonds is 8. The SMILES string of the molecule is C#CCCCCCC.CCCCCCC#Cc1ccc(F)cc1.Fc1ccc(I)cc1. The van der Waals surface area contributed by atoms with Gasteiger partial charge in [0.25, 0.3) is 0 Å². The molecule has 0 aliphatic rings. The summed E-state index contributed by atoms with van der Waals surface area (Å²) in [6, 6.07) is 12.7. The Hall–Kier alpha value is -1.85. The van der Waals surface area contributed by atoms with Crippen LogP contribution in [0.3, 0.4) is 0 Å². The Morgan fingerprint density at radius 3 is 1.65 bits per heavy atom. The van der Waals surface area contributed by atoms with Crippen molar-refractivity contribution in [3.05, 3.63) is 69.3 Å². The van der Waals surface area contributed by atoms with Gasteiger partial charge in [-0.05, 0) is 84.0 Å². The molecule has 0 amide bonds. The van der Waals surface area contributed by atoms with Crippen molar-refractivity contribution in [2.45, 2.75) is 78.1 Å². The zero-order valence-corrected chi connectivity index (χ0v) is 21.1. The van der Waals surface area contributed by atoms with Gasteiger partial charge in [0.2, 0.25) is 0 Å². The Morgan fingerprint density at radius 1 is 0.710 bits per heavy atom. The molecule has 0 aliphatic carbocycles. The minimum absolute atomic E-state index is 0.176. The monoisotopic (exact) mass is 536 g/mol. The van der Waals surface area contributed by atoms with E-state index in [0.29, 0.717) is 0 Å². The molecule has 2 aromatic carbocycles. The number of unbranched alkanes of at least 4 members (excludes halogenated alkanes) is 8. The maximum Gasteiger partial charge on any atom is 0.123 e. The molecular formula is C28H35F2I. The second kappa shape index (κ2) is 21.4. The molecule has 0 saturated carbocycles. The molecule has 0 fully saturated rings. The fourth-order valence-corrected chi connectivity index (χ4v) is 2.78. The third-order valence-electron chi connectivity index (χ3n) is 4.21. The van der Waals surface area contributed by atoms with E-state index in [2.05, 4.69) is 54.2 Å². The van der Waals surface area contributed by atoms with Gasteiger partial charge in [-0.3, -0.25) is 0 Å². The van der Waals surface area contributed by atoms with E-state index >= 15 is 0 Å². The lowest BCUT2D eigenvalue weighted by molar-refractivity contribution is 0.627. The Labute approximate surface area is 202 Å². The molecule has 3 heteroatoms. The molecule has 0 nitrogen and oxygen atoms in total. The second-order valence-corrected chi connectivity index (χ2v) is 8.32. The van der Waals surface area contributed by atoms with E-state index in [4.69, 9.17) is 6.42 Å². The lowest BCUT2D eigenvalue weighted by atomic mass is 10.1. The maximum absolute atomic E-state index is 12.6. The number of hydrogen-bond donors (Lipinski definition) is 0. The van der Waals surface area contributed by atoms with Crippen molar-refractivity contribution in [3.63, 3.8) is 0 Å². The first-order valence-corrected chi connectivity index (χ1v) is 12.2. The minimum atomic E-state index is -0.205. The van der Waals surface area contributed by atoms with Gasteiger partial charge in [-0.25, -0.2) is 8.78 Å². The Kier molecular flexibility index (Phi) is 20.1. The van der Waals surface area contributed by atoms with Gasteiger partial charge in [-0.1, -0.05) is 64.2 Å². The first kappa shape index (κ1) is 29.1. The van der Waals surface area contributed by atoms with E-state index in [9.17, 15) is 8.78 Å². The maximum atomic E-state index is 12.6. The molecule has 0 spiro atoms. The van der Waals surface area contributed by atoms with Gasteiger partial charge in [0.1, 0.15) is 11.6 Å². The van der Waals surface area contributed by atoms with Crippen LogP contribution >= 0.6 is 22.6 Å². The van der Waals surface area contributed by atoms with Crippen LogP contribution in [-0.4, -0.2) is 0 Å². The summed E-state index contributed by atoms with van der Waals surface area (Å²) in [7, 11) is 0. The topological polar surface area (TPSA) is 0 Å². The third-order valence-corrected chi connectivity index (χ3v) is 4.93. The van der Waals surface area contributed by atoms with Crippen LogP contribution < -0.4 is 0 Å². The summed E-state index contributed by atoms with van der Waals surface area (Å²) in [5, 5.41) is 0.